The number of amides is 3. The molecule has 1 aliphatic heterocycles. The Morgan fingerprint density at radius 1 is 0.976 bits per heavy atom. The molecule has 5 rings (SSSR count). The molecule has 3 aromatic rings. The molecule has 214 valence electrons. The van der Waals surface area contributed by atoms with Gasteiger partial charge in [0.1, 0.15) is 18.1 Å². The van der Waals surface area contributed by atoms with Crippen molar-refractivity contribution in [2.75, 3.05) is 0 Å². The number of nitrogens with one attached hydrogen (secondary N) is 2. The van der Waals surface area contributed by atoms with Gasteiger partial charge in [-0.2, -0.15) is 0 Å². The van der Waals surface area contributed by atoms with E-state index in [0.717, 1.165) is 11.3 Å². The fourth-order valence-electron chi connectivity index (χ4n) is 6.12. The Bertz CT molecular complexity index is 1390. The summed E-state index contributed by atoms with van der Waals surface area (Å²) in [7, 11) is 0. The second kappa shape index (κ2) is 11.5. The van der Waals surface area contributed by atoms with Crippen molar-refractivity contribution >= 4 is 17.7 Å². The summed E-state index contributed by atoms with van der Waals surface area (Å²) >= 11 is 0. The number of pyridine rings is 1. The first-order valence-electron chi connectivity index (χ1n) is 14.5. The van der Waals surface area contributed by atoms with Crippen LogP contribution in [0.1, 0.15) is 63.8 Å². The number of hydrogen-bond acceptors (Lipinski definition) is 4. The number of benzene rings is 2. The first kappa shape index (κ1) is 28.5. The summed E-state index contributed by atoms with van der Waals surface area (Å²) in [6, 6.07) is 19.1. The largest absolute Gasteiger partial charge is 0.349 e. The molecule has 7 heteroatoms. The topological polar surface area (TPSA) is 91.4 Å². The van der Waals surface area contributed by atoms with Crippen molar-refractivity contribution in [3.63, 3.8) is 0 Å². The van der Waals surface area contributed by atoms with Gasteiger partial charge in [0, 0.05) is 17.3 Å². The highest BCUT2D eigenvalue weighted by Crippen LogP contribution is 2.36. The van der Waals surface area contributed by atoms with Crippen molar-refractivity contribution < 1.29 is 14.4 Å². The van der Waals surface area contributed by atoms with Crippen molar-refractivity contribution in [2.24, 2.45) is 11.8 Å². The first-order valence-corrected chi connectivity index (χ1v) is 14.5. The Morgan fingerprint density at radius 3 is 2.17 bits per heavy atom. The minimum Gasteiger partial charge on any atom is -0.349 e. The summed E-state index contributed by atoms with van der Waals surface area (Å²) in [5.74, 6) is -0.613. The SMILES string of the molecule is CC(C)C[C@@H]1C(=O)N[C@H](C2Cc3ccccc3C2)C(=O)N1[C@@H](C(=O)NC(C)(C)C)c1ccc(-c2ccccn2)cc1. The number of hydrogen-bond donors (Lipinski definition) is 2. The van der Waals surface area contributed by atoms with Gasteiger partial charge in [0.2, 0.25) is 17.7 Å². The molecule has 1 aliphatic carbocycles. The van der Waals surface area contributed by atoms with Crippen molar-refractivity contribution in [2.45, 2.75) is 77.5 Å². The number of carbonyl (C=O) groups excluding carboxylic acids is 3. The number of fused-ring (bicyclic) bond motifs is 1. The van der Waals surface area contributed by atoms with E-state index in [1.165, 1.54) is 11.1 Å². The van der Waals surface area contributed by atoms with E-state index >= 15 is 0 Å². The molecule has 2 aromatic carbocycles. The van der Waals surface area contributed by atoms with Crippen LogP contribution in [0.5, 0.6) is 0 Å². The van der Waals surface area contributed by atoms with Gasteiger partial charge in [-0.1, -0.05) is 68.4 Å². The van der Waals surface area contributed by atoms with Gasteiger partial charge in [-0.15, -0.1) is 0 Å². The summed E-state index contributed by atoms with van der Waals surface area (Å²) in [4.78, 5) is 48.3. The van der Waals surface area contributed by atoms with Crippen molar-refractivity contribution in [3.8, 4) is 11.3 Å². The van der Waals surface area contributed by atoms with Gasteiger partial charge in [-0.3, -0.25) is 19.4 Å². The van der Waals surface area contributed by atoms with Gasteiger partial charge >= 0.3 is 0 Å². The Hall–Kier alpha value is -4.00. The van der Waals surface area contributed by atoms with Crippen LogP contribution in [-0.4, -0.2) is 45.2 Å². The van der Waals surface area contributed by atoms with E-state index in [4.69, 9.17) is 0 Å². The molecular weight excluding hydrogens is 512 g/mol. The van der Waals surface area contributed by atoms with Crippen LogP contribution in [0.3, 0.4) is 0 Å². The van der Waals surface area contributed by atoms with Crippen molar-refractivity contribution in [1.82, 2.24) is 20.5 Å². The van der Waals surface area contributed by atoms with Crippen LogP contribution in [0, 0.1) is 11.8 Å². The summed E-state index contributed by atoms with van der Waals surface area (Å²) in [5.41, 5.74) is 4.29. The smallest absolute Gasteiger partial charge is 0.247 e. The molecule has 7 nitrogen and oxygen atoms in total. The van der Waals surface area contributed by atoms with E-state index in [1.807, 2.05) is 89.2 Å². The highest BCUT2D eigenvalue weighted by molar-refractivity contribution is 6.00. The Labute approximate surface area is 242 Å². The van der Waals surface area contributed by atoms with Crippen molar-refractivity contribution in [1.29, 1.82) is 0 Å². The molecule has 2 N–H and O–H groups in total. The van der Waals surface area contributed by atoms with E-state index in [-0.39, 0.29) is 29.6 Å². The third kappa shape index (κ3) is 6.19. The lowest BCUT2D eigenvalue weighted by Crippen LogP contribution is -2.67. The zero-order chi connectivity index (χ0) is 29.3. The number of rotatable bonds is 7. The zero-order valence-electron chi connectivity index (χ0n) is 24.6. The van der Waals surface area contributed by atoms with Gasteiger partial charge in [-0.25, -0.2) is 0 Å². The monoisotopic (exact) mass is 552 g/mol. The normalized spacial score (nSPS) is 20.1. The molecule has 3 atom stereocenters. The minimum atomic E-state index is -0.958. The van der Waals surface area contributed by atoms with E-state index in [2.05, 4.69) is 27.8 Å². The second-order valence-electron chi connectivity index (χ2n) is 12.8. The van der Waals surface area contributed by atoms with E-state index in [1.54, 1.807) is 11.1 Å². The van der Waals surface area contributed by atoms with Crippen molar-refractivity contribution in [3.05, 3.63) is 89.6 Å². The lowest BCUT2D eigenvalue weighted by Gasteiger charge is -2.45. The lowest BCUT2D eigenvalue weighted by atomic mass is 9.87. The highest BCUT2D eigenvalue weighted by atomic mass is 16.2. The van der Waals surface area contributed by atoms with Gasteiger partial charge < -0.3 is 15.5 Å². The average molecular weight is 553 g/mol. The van der Waals surface area contributed by atoms with Gasteiger partial charge in [-0.05, 0) is 80.7 Å². The maximum absolute atomic E-state index is 14.5. The summed E-state index contributed by atoms with van der Waals surface area (Å²) < 4.78 is 0. The molecule has 0 unspecified atom stereocenters. The Kier molecular flexibility index (Phi) is 7.98. The van der Waals surface area contributed by atoms with Gasteiger partial charge in [0.15, 0.2) is 0 Å². The molecule has 1 aromatic heterocycles. The van der Waals surface area contributed by atoms with E-state index < -0.39 is 23.7 Å². The molecule has 0 bridgehead atoms. The van der Waals surface area contributed by atoms with Crippen LogP contribution >= 0.6 is 0 Å². The highest BCUT2D eigenvalue weighted by Gasteiger charge is 2.49. The maximum Gasteiger partial charge on any atom is 0.247 e. The van der Waals surface area contributed by atoms with Crippen LogP contribution in [0.15, 0.2) is 72.9 Å². The minimum absolute atomic E-state index is 0.0655. The number of piperazine rings is 1. The molecule has 0 spiro atoms. The summed E-state index contributed by atoms with van der Waals surface area (Å²) in [6.07, 6.45) is 3.63. The van der Waals surface area contributed by atoms with E-state index in [0.29, 0.717) is 24.8 Å². The fraction of sp³-hybridized carbons (Fsp3) is 0.412. The van der Waals surface area contributed by atoms with E-state index in [9.17, 15) is 14.4 Å². The maximum atomic E-state index is 14.5. The molecule has 1 fully saturated rings. The van der Waals surface area contributed by atoms with Crippen LogP contribution < -0.4 is 10.6 Å². The third-order valence-corrected chi connectivity index (χ3v) is 7.92. The molecule has 1 saturated heterocycles. The van der Waals surface area contributed by atoms with Gasteiger partial charge in [0.05, 0.1) is 5.69 Å². The first-order chi connectivity index (χ1) is 19.5. The lowest BCUT2D eigenvalue weighted by molar-refractivity contribution is -0.158. The predicted molar refractivity (Wildman–Crippen MR) is 160 cm³/mol. The second-order valence-corrected chi connectivity index (χ2v) is 12.8. The Morgan fingerprint density at radius 2 is 1.61 bits per heavy atom. The quantitative estimate of drug-likeness (QED) is 0.438. The van der Waals surface area contributed by atoms with Crippen LogP contribution in [0.2, 0.25) is 0 Å². The summed E-state index contributed by atoms with van der Waals surface area (Å²) in [5, 5.41) is 6.17. The number of carbonyl (C=O) groups is 3. The Balaban J connectivity index is 1.55. The molecule has 0 saturated carbocycles. The molecule has 41 heavy (non-hydrogen) atoms. The molecule has 2 heterocycles. The summed E-state index contributed by atoms with van der Waals surface area (Å²) in [6.45, 7) is 9.81. The fourth-order valence-corrected chi connectivity index (χ4v) is 6.12. The van der Waals surface area contributed by atoms with Gasteiger partial charge in [0.25, 0.3) is 0 Å². The average Bonchev–Trinajstić information content (AvgIpc) is 3.36. The predicted octanol–water partition coefficient (Wildman–Crippen LogP) is 4.86. The molecule has 0 radical (unpaired) electrons. The standard InChI is InChI=1S/C34H40N4O3/c1-21(2)18-28-31(39)36-29(26-19-24-10-6-7-11-25(24)20-26)33(41)38(28)30(32(40)37-34(3,4)5)23-15-13-22(14-16-23)27-12-8-9-17-35-27/h6-17,21,26,28-30H,18-20H2,1-5H3,(H,36,39)(H,37,40)/t28-,29-,30-/m1/s1. The molecule has 2 aliphatic rings. The van der Waals surface area contributed by atoms with Crippen LogP contribution in [0.4, 0.5) is 0 Å². The van der Waals surface area contributed by atoms with Crippen LogP contribution in [-0.2, 0) is 27.2 Å². The third-order valence-electron chi connectivity index (χ3n) is 7.92. The number of aromatic nitrogens is 1. The molecule has 3 amide bonds. The molecular formula is C34H40N4O3. The zero-order valence-corrected chi connectivity index (χ0v) is 24.6. The van der Waals surface area contributed by atoms with Crippen LogP contribution in [0.25, 0.3) is 11.3 Å². The number of nitrogens with zero attached hydrogens (tertiary/aromatic N) is 2.